The summed E-state index contributed by atoms with van der Waals surface area (Å²) in [4.78, 5) is 14.6. The average molecular weight is 312 g/mol. The van der Waals surface area contributed by atoms with E-state index in [2.05, 4.69) is 37.0 Å². The van der Waals surface area contributed by atoms with Crippen LogP contribution in [0.1, 0.15) is 35.3 Å². The molecule has 0 aliphatic rings. The molecule has 2 aromatic carbocycles. The van der Waals surface area contributed by atoms with E-state index in [1.165, 1.54) is 16.5 Å². The average Bonchev–Trinajstić information content (AvgIpc) is 2.96. The minimum Gasteiger partial charge on any atom is -0.355 e. The number of hydrogen-bond donors (Lipinski definition) is 1. The van der Waals surface area contributed by atoms with Crippen LogP contribution >= 0.6 is 11.6 Å². The van der Waals surface area contributed by atoms with Crippen molar-refractivity contribution in [2.24, 2.45) is 0 Å². The molecule has 2 nitrogen and oxygen atoms in total. The fourth-order valence-corrected chi connectivity index (χ4v) is 2.99. The van der Waals surface area contributed by atoms with Gasteiger partial charge in [-0.05, 0) is 71.5 Å². The van der Waals surface area contributed by atoms with Crippen molar-refractivity contribution in [1.29, 1.82) is 0 Å². The Morgan fingerprint density at radius 2 is 1.64 bits per heavy atom. The van der Waals surface area contributed by atoms with Gasteiger partial charge in [0, 0.05) is 22.2 Å². The molecule has 1 aromatic heterocycles. The smallest absolute Gasteiger partial charge is 0.252 e. The van der Waals surface area contributed by atoms with Gasteiger partial charge in [-0.1, -0.05) is 26.0 Å². The van der Waals surface area contributed by atoms with Crippen LogP contribution in [0.25, 0.3) is 22.2 Å². The Hall–Kier alpha value is -2.06. The Kier molecular flexibility index (Phi) is 4.04. The number of fused-ring (bicyclic) bond motifs is 1. The molecule has 0 aliphatic carbocycles. The van der Waals surface area contributed by atoms with Gasteiger partial charge in [0.1, 0.15) is 0 Å². The molecule has 3 heteroatoms. The number of H-pyrrole nitrogens is 1. The maximum absolute atomic E-state index is 11.1. The van der Waals surface area contributed by atoms with Crippen molar-refractivity contribution >= 4 is 27.7 Å². The molecule has 0 fully saturated rings. The summed E-state index contributed by atoms with van der Waals surface area (Å²) in [5, 5.41) is 0.796. The van der Waals surface area contributed by atoms with E-state index in [1.807, 2.05) is 12.1 Å². The Morgan fingerprint density at radius 1 is 1.00 bits per heavy atom. The zero-order valence-corrected chi connectivity index (χ0v) is 13.5. The third-order valence-electron chi connectivity index (χ3n) is 4.13. The molecule has 0 saturated heterocycles. The molecule has 1 heterocycles. The first-order valence-electron chi connectivity index (χ1n) is 7.57. The predicted octanol–water partition coefficient (Wildman–Crippen LogP) is 5.34. The molecule has 0 radical (unpaired) electrons. The summed E-state index contributed by atoms with van der Waals surface area (Å²) in [6, 6.07) is 14.0. The highest BCUT2D eigenvalue weighted by Gasteiger charge is 2.08. The van der Waals surface area contributed by atoms with Crippen LogP contribution in [-0.4, -0.2) is 10.2 Å². The summed E-state index contributed by atoms with van der Waals surface area (Å²) < 4.78 is 0. The van der Waals surface area contributed by atoms with Crippen molar-refractivity contribution in [2.75, 3.05) is 0 Å². The zero-order chi connectivity index (χ0) is 15.7. The maximum Gasteiger partial charge on any atom is 0.252 e. The number of carbonyl (C=O) groups is 1. The Morgan fingerprint density at radius 3 is 2.23 bits per heavy atom. The predicted molar refractivity (Wildman–Crippen MR) is 92.7 cm³/mol. The van der Waals surface area contributed by atoms with Crippen molar-refractivity contribution < 1.29 is 4.79 Å². The van der Waals surface area contributed by atoms with E-state index in [4.69, 9.17) is 11.6 Å². The van der Waals surface area contributed by atoms with Crippen LogP contribution in [0.15, 0.2) is 42.5 Å². The fourth-order valence-electron chi connectivity index (χ4n) is 2.87. The Balaban J connectivity index is 2.06. The first-order chi connectivity index (χ1) is 10.6. The topological polar surface area (TPSA) is 32.9 Å². The molecule has 0 amide bonds. The van der Waals surface area contributed by atoms with Gasteiger partial charge in [0.2, 0.25) is 0 Å². The Bertz CT molecular complexity index is 790. The molecule has 0 bridgehead atoms. The van der Waals surface area contributed by atoms with Crippen molar-refractivity contribution in [3.63, 3.8) is 0 Å². The van der Waals surface area contributed by atoms with Crippen LogP contribution in [0.5, 0.6) is 0 Å². The summed E-state index contributed by atoms with van der Waals surface area (Å²) in [5.74, 6) is 0. The number of nitrogens with one attached hydrogen (secondary N) is 1. The fraction of sp³-hybridized carbons (Fsp3) is 0.211. The molecule has 3 aromatic rings. The van der Waals surface area contributed by atoms with Crippen LogP contribution in [-0.2, 0) is 12.8 Å². The quantitative estimate of drug-likeness (QED) is 0.648. The molecule has 0 atom stereocenters. The minimum absolute atomic E-state index is 0.427. The number of aromatic nitrogens is 1. The Labute approximate surface area is 135 Å². The van der Waals surface area contributed by atoms with Gasteiger partial charge in [0.15, 0.2) is 0 Å². The lowest BCUT2D eigenvalue weighted by molar-refractivity contribution is 0.108. The highest BCUT2D eigenvalue weighted by Crippen LogP contribution is 2.27. The molecular weight excluding hydrogens is 294 g/mol. The summed E-state index contributed by atoms with van der Waals surface area (Å²) >= 11 is 5.49. The lowest BCUT2D eigenvalue weighted by Gasteiger charge is -2.05. The van der Waals surface area contributed by atoms with Crippen LogP contribution in [0.4, 0.5) is 0 Å². The standard InChI is InChI=1S/C19H18ClNO/c1-3-12-9-16-11-17(21-18(16)10-13(12)4-2)14-5-7-15(8-6-14)19(20)22/h5-11,21H,3-4H2,1-2H3. The van der Waals surface area contributed by atoms with E-state index in [-0.39, 0.29) is 0 Å². The van der Waals surface area contributed by atoms with Gasteiger partial charge in [-0.25, -0.2) is 0 Å². The lowest BCUT2D eigenvalue weighted by Crippen LogP contribution is -1.90. The number of rotatable bonds is 4. The summed E-state index contributed by atoms with van der Waals surface area (Å²) in [6.07, 6.45) is 2.09. The third kappa shape index (κ3) is 2.67. The first kappa shape index (κ1) is 14.9. The van der Waals surface area contributed by atoms with Gasteiger partial charge in [-0.2, -0.15) is 0 Å². The highest BCUT2D eigenvalue weighted by atomic mass is 35.5. The number of hydrogen-bond acceptors (Lipinski definition) is 1. The lowest BCUT2D eigenvalue weighted by atomic mass is 10.0. The number of benzene rings is 2. The SMILES string of the molecule is CCc1cc2cc(-c3ccc(C(=O)Cl)cc3)[nH]c2cc1CC. The second kappa shape index (κ2) is 5.98. The molecule has 3 rings (SSSR count). The largest absolute Gasteiger partial charge is 0.355 e. The summed E-state index contributed by atoms with van der Waals surface area (Å²) in [7, 11) is 0. The second-order valence-electron chi connectivity index (χ2n) is 5.45. The summed E-state index contributed by atoms with van der Waals surface area (Å²) in [5.41, 5.74) is 6.58. The van der Waals surface area contributed by atoms with E-state index >= 15 is 0 Å². The van der Waals surface area contributed by atoms with Gasteiger partial charge in [0.05, 0.1) is 0 Å². The van der Waals surface area contributed by atoms with Crippen molar-refractivity contribution in [1.82, 2.24) is 4.98 Å². The van der Waals surface area contributed by atoms with Crippen LogP contribution < -0.4 is 0 Å². The van der Waals surface area contributed by atoms with Crippen molar-refractivity contribution in [2.45, 2.75) is 26.7 Å². The molecule has 0 aliphatic heterocycles. The summed E-state index contributed by atoms with van der Waals surface area (Å²) in [6.45, 7) is 4.38. The van der Waals surface area contributed by atoms with E-state index in [9.17, 15) is 4.79 Å². The van der Waals surface area contributed by atoms with Crippen molar-refractivity contribution in [3.05, 3.63) is 59.2 Å². The van der Waals surface area contributed by atoms with E-state index in [0.29, 0.717) is 5.56 Å². The second-order valence-corrected chi connectivity index (χ2v) is 5.79. The molecule has 0 unspecified atom stereocenters. The van der Waals surface area contributed by atoms with Crippen LogP contribution in [0, 0.1) is 0 Å². The van der Waals surface area contributed by atoms with Gasteiger partial charge in [-0.15, -0.1) is 0 Å². The van der Waals surface area contributed by atoms with Gasteiger partial charge in [0.25, 0.3) is 5.24 Å². The molecule has 22 heavy (non-hydrogen) atoms. The van der Waals surface area contributed by atoms with Gasteiger partial charge in [-0.3, -0.25) is 4.79 Å². The van der Waals surface area contributed by atoms with E-state index in [0.717, 1.165) is 29.6 Å². The monoisotopic (exact) mass is 311 g/mol. The number of aromatic amines is 1. The highest BCUT2D eigenvalue weighted by molar-refractivity contribution is 6.67. The first-order valence-corrected chi connectivity index (χ1v) is 7.95. The minimum atomic E-state index is -0.427. The van der Waals surface area contributed by atoms with Crippen LogP contribution in [0.2, 0.25) is 0 Å². The van der Waals surface area contributed by atoms with Crippen molar-refractivity contribution in [3.8, 4) is 11.3 Å². The van der Waals surface area contributed by atoms with Gasteiger partial charge >= 0.3 is 0 Å². The van der Waals surface area contributed by atoms with E-state index < -0.39 is 5.24 Å². The zero-order valence-electron chi connectivity index (χ0n) is 12.7. The molecule has 1 N–H and O–H groups in total. The van der Waals surface area contributed by atoms with Crippen LogP contribution in [0.3, 0.4) is 0 Å². The normalized spacial score (nSPS) is 11.0. The maximum atomic E-state index is 11.1. The molecule has 0 saturated carbocycles. The van der Waals surface area contributed by atoms with Gasteiger partial charge < -0.3 is 4.98 Å². The molecule has 112 valence electrons. The molecular formula is C19H18ClNO. The third-order valence-corrected chi connectivity index (χ3v) is 4.34. The van der Waals surface area contributed by atoms with E-state index in [1.54, 1.807) is 12.1 Å². The molecule has 0 spiro atoms. The number of aryl methyl sites for hydroxylation is 2. The number of carbonyl (C=O) groups excluding carboxylic acids is 1. The number of halogens is 1.